The monoisotopic (exact) mass is 771 g/mol. The van der Waals surface area contributed by atoms with Crippen molar-refractivity contribution >= 4 is 37.7 Å². The molecule has 0 aromatic heterocycles. The van der Waals surface area contributed by atoms with E-state index in [9.17, 15) is 10.2 Å². The molecule has 0 amide bonds. The molecule has 0 aliphatic rings. The average molecular weight is 771 g/mol. The average Bonchev–Trinajstić information content (AvgIpc) is 3.16. The molecule has 0 N–H and O–H groups in total. The van der Waals surface area contributed by atoms with Crippen LogP contribution in [0.1, 0.15) is 254 Å². The molecular weight excluding hydrogens is 685 g/mol. The summed E-state index contributed by atoms with van der Waals surface area (Å²) in [5, 5.41) is 26.1. The van der Waals surface area contributed by atoms with Crippen molar-refractivity contribution in [1.82, 2.24) is 0 Å². The summed E-state index contributed by atoms with van der Waals surface area (Å²) in [5.74, 6) is 0.197. The van der Waals surface area contributed by atoms with E-state index in [-0.39, 0.29) is 49.2 Å². The fourth-order valence-electron chi connectivity index (χ4n) is 8.35. The maximum absolute atomic E-state index is 13.1. The minimum Gasteiger partial charge on any atom is -0.872 e. The van der Waals surface area contributed by atoms with Gasteiger partial charge in [0.25, 0.3) is 0 Å². The van der Waals surface area contributed by atoms with Crippen molar-refractivity contribution in [3.63, 3.8) is 0 Å². The van der Waals surface area contributed by atoms with E-state index < -0.39 is 0 Å². The molecule has 2 aromatic carbocycles. The fourth-order valence-corrected chi connectivity index (χ4v) is 8.35. The van der Waals surface area contributed by atoms with E-state index in [0.717, 1.165) is 47.9 Å². The zero-order chi connectivity index (χ0) is 37.9. The Morgan fingerprint density at radius 2 is 0.537 bits per heavy atom. The number of aryl methyl sites for hydroxylation is 2. The van der Waals surface area contributed by atoms with Crippen molar-refractivity contribution in [3.05, 3.63) is 58.7 Å². The van der Waals surface area contributed by atoms with Crippen LogP contribution in [0.15, 0.2) is 36.4 Å². The molecule has 2 nitrogen and oxygen atoms in total. The third-order valence-electron chi connectivity index (χ3n) is 11.9. The van der Waals surface area contributed by atoms with E-state index >= 15 is 0 Å². The summed E-state index contributed by atoms with van der Waals surface area (Å²) in [5.41, 5.74) is 4.03. The van der Waals surface area contributed by atoms with Crippen LogP contribution in [-0.4, -0.2) is 37.7 Å². The van der Waals surface area contributed by atoms with Gasteiger partial charge in [0.05, 0.1) is 0 Å². The standard InChI is InChI=1S/C51H88O2.Ca/c1-3-5-7-9-11-13-15-17-19-21-23-25-27-29-31-33-35-39-46-41-37-43-50(52)48(46)45-49-47(42-38-44-51(49)53)40-36-34-32-30-28-26-24-22-20-18-16-14-12-10-8-6-4-2;/h37-38,41-44,52-53H,3-36,39-40,45H2,1-2H3;/q;+2/p-2. The molecule has 0 heterocycles. The van der Waals surface area contributed by atoms with E-state index in [1.807, 2.05) is 12.1 Å². The first-order valence-corrected chi connectivity index (χ1v) is 23.7. The Bertz CT molecular complexity index is 1010. The summed E-state index contributed by atoms with van der Waals surface area (Å²) in [4.78, 5) is 0. The van der Waals surface area contributed by atoms with Gasteiger partial charge in [-0.15, -0.1) is 11.5 Å². The van der Waals surface area contributed by atoms with E-state index in [2.05, 4.69) is 26.0 Å². The van der Waals surface area contributed by atoms with Gasteiger partial charge in [-0.05, 0) is 54.4 Å². The largest absolute Gasteiger partial charge is 2.00 e. The van der Waals surface area contributed by atoms with Gasteiger partial charge in [0, 0.05) is 0 Å². The number of unbranched alkanes of at least 4 members (excludes halogenated alkanes) is 32. The van der Waals surface area contributed by atoms with Crippen molar-refractivity contribution in [2.75, 3.05) is 0 Å². The fraction of sp³-hybridized carbons (Fsp3) is 0.765. The van der Waals surface area contributed by atoms with Crippen LogP contribution in [-0.2, 0) is 19.3 Å². The molecule has 0 saturated carbocycles. The minimum atomic E-state index is 0. The normalized spacial score (nSPS) is 11.3. The van der Waals surface area contributed by atoms with Crippen LogP contribution in [0.3, 0.4) is 0 Å². The first-order valence-electron chi connectivity index (χ1n) is 23.7. The maximum Gasteiger partial charge on any atom is 2.00 e. The van der Waals surface area contributed by atoms with Crippen LogP contribution in [0.25, 0.3) is 0 Å². The van der Waals surface area contributed by atoms with Gasteiger partial charge in [-0.2, -0.15) is 0 Å². The molecule has 0 atom stereocenters. The van der Waals surface area contributed by atoms with E-state index in [4.69, 9.17) is 0 Å². The van der Waals surface area contributed by atoms with Gasteiger partial charge in [-0.1, -0.05) is 256 Å². The second kappa shape index (κ2) is 37.9. The summed E-state index contributed by atoms with van der Waals surface area (Å²) < 4.78 is 0. The second-order valence-electron chi connectivity index (χ2n) is 16.8. The molecule has 0 spiro atoms. The van der Waals surface area contributed by atoms with Crippen molar-refractivity contribution < 1.29 is 10.2 Å². The topological polar surface area (TPSA) is 46.1 Å². The zero-order valence-electron chi connectivity index (χ0n) is 36.2. The van der Waals surface area contributed by atoms with E-state index in [0.29, 0.717) is 6.42 Å². The summed E-state index contributed by atoms with van der Waals surface area (Å²) in [6, 6.07) is 11.5. The molecule has 2 aromatic rings. The van der Waals surface area contributed by atoms with E-state index in [1.54, 1.807) is 12.1 Å². The Hall–Kier alpha value is -0.700. The van der Waals surface area contributed by atoms with Crippen LogP contribution in [0.2, 0.25) is 0 Å². The quantitative estimate of drug-likeness (QED) is 0.0504. The molecule has 54 heavy (non-hydrogen) atoms. The molecule has 0 radical (unpaired) electrons. The second-order valence-corrected chi connectivity index (χ2v) is 16.8. The summed E-state index contributed by atoms with van der Waals surface area (Å²) in [6.07, 6.45) is 49.1. The van der Waals surface area contributed by atoms with Gasteiger partial charge in [0.1, 0.15) is 0 Å². The third kappa shape index (κ3) is 27.0. The maximum atomic E-state index is 13.1. The molecule has 0 saturated heterocycles. The number of rotatable bonds is 38. The number of hydrogen-bond donors (Lipinski definition) is 0. The molecule has 3 heteroatoms. The molecular formula is C51H86CaO2. The number of hydrogen-bond acceptors (Lipinski definition) is 2. The van der Waals surface area contributed by atoms with Crippen molar-refractivity contribution in [1.29, 1.82) is 0 Å². The van der Waals surface area contributed by atoms with Crippen LogP contribution >= 0.6 is 0 Å². The molecule has 0 fully saturated rings. The SMILES string of the molecule is CCCCCCCCCCCCCCCCCCCc1cccc([O-])c1Cc1c([O-])cccc1CCCCCCCCCCCCCCCCCCC.[Ca+2]. The molecule has 0 unspecified atom stereocenters. The van der Waals surface area contributed by atoms with Crippen molar-refractivity contribution in [3.8, 4) is 11.5 Å². The summed E-state index contributed by atoms with van der Waals surface area (Å²) in [6.45, 7) is 4.59. The van der Waals surface area contributed by atoms with Gasteiger partial charge in [-0.3, -0.25) is 0 Å². The zero-order valence-corrected chi connectivity index (χ0v) is 38.4. The predicted molar refractivity (Wildman–Crippen MR) is 236 cm³/mol. The summed E-state index contributed by atoms with van der Waals surface area (Å²) >= 11 is 0. The smallest absolute Gasteiger partial charge is 0.872 e. The van der Waals surface area contributed by atoms with Gasteiger partial charge in [-0.25, -0.2) is 0 Å². The molecule has 304 valence electrons. The van der Waals surface area contributed by atoms with Crippen LogP contribution in [0, 0.1) is 0 Å². The van der Waals surface area contributed by atoms with Crippen molar-refractivity contribution in [2.24, 2.45) is 0 Å². The molecule has 2 rings (SSSR count). The molecule has 0 aliphatic heterocycles. The Balaban J connectivity index is 0.0000146. The van der Waals surface area contributed by atoms with Crippen LogP contribution in [0.5, 0.6) is 11.5 Å². The summed E-state index contributed by atoms with van der Waals surface area (Å²) in [7, 11) is 0. The first kappa shape index (κ1) is 51.3. The van der Waals surface area contributed by atoms with E-state index in [1.165, 1.54) is 205 Å². The Morgan fingerprint density at radius 3 is 0.778 bits per heavy atom. The Kier molecular flexibility index (Phi) is 36.0. The van der Waals surface area contributed by atoms with Gasteiger partial charge in [0.2, 0.25) is 0 Å². The minimum absolute atomic E-state index is 0. The van der Waals surface area contributed by atoms with Crippen LogP contribution in [0.4, 0.5) is 0 Å². The van der Waals surface area contributed by atoms with Gasteiger partial charge >= 0.3 is 37.7 Å². The number of benzene rings is 2. The molecule has 0 bridgehead atoms. The third-order valence-corrected chi connectivity index (χ3v) is 11.9. The van der Waals surface area contributed by atoms with Gasteiger partial charge < -0.3 is 10.2 Å². The van der Waals surface area contributed by atoms with Crippen LogP contribution < -0.4 is 10.2 Å². The Labute approximate surface area is 366 Å². The van der Waals surface area contributed by atoms with Crippen molar-refractivity contribution in [2.45, 2.75) is 251 Å². The predicted octanol–water partition coefficient (Wildman–Crippen LogP) is 15.4. The van der Waals surface area contributed by atoms with Gasteiger partial charge in [0.15, 0.2) is 0 Å². The first-order chi connectivity index (χ1) is 26.2. The molecule has 0 aliphatic carbocycles. The Morgan fingerprint density at radius 1 is 0.315 bits per heavy atom.